The minimum Gasteiger partial charge on any atom is -0.397 e. The van der Waals surface area contributed by atoms with E-state index >= 15 is 0 Å². The number of hydrogen-bond acceptors (Lipinski definition) is 2. The molecule has 0 aliphatic carbocycles. The molecule has 2 aromatic carbocycles. The first-order chi connectivity index (χ1) is 8.95. The van der Waals surface area contributed by atoms with Crippen LogP contribution < -0.4 is 10.6 Å². The molecule has 2 rings (SSSR count). The standard InChI is InChI=1S/C14H13Br2FN2/c1-19(14-3-2-10(15)7-13(14)18)8-9-4-11(16)6-12(17)5-9/h2-7H,8,18H2,1H3. The number of rotatable bonds is 3. The van der Waals surface area contributed by atoms with Crippen LogP contribution in [0.3, 0.4) is 0 Å². The summed E-state index contributed by atoms with van der Waals surface area (Å²) in [7, 11) is 1.93. The lowest BCUT2D eigenvalue weighted by Crippen LogP contribution is -2.17. The fraction of sp³-hybridized carbons (Fsp3) is 0.143. The monoisotopic (exact) mass is 386 g/mol. The van der Waals surface area contributed by atoms with Crippen LogP contribution in [0.5, 0.6) is 0 Å². The van der Waals surface area contributed by atoms with E-state index < -0.39 is 0 Å². The molecule has 19 heavy (non-hydrogen) atoms. The smallest absolute Gasteiger partial charge is 0.124 e. The molecule has 0 atom stereocenters. The first kappa shape index (κ1) is 14.3. The molecule has 0 bridgehead atoms. The van der Waals surface area contributed by atoms with E-state index in [9.17, 15) is 4.39 Å². The molecular weight excluding hydrogens is 375 g/mol. The molecular formula is C14H13Br2FN2. The molecule has 0 unspecified atom stereocenters. The van der Waals surface area contributed by atoms with Crippen molar-refractivity contribution in [3.63, 3.8) is 0 Å². The normalized spacial score (nSPS) is 10.5. The van der Waals surface area contributed by atoms with Crippen LogP contribution in [-0.2, 0) is 6.54 Å². The molecule has 0 saturated carbocycles. The van der Waals surface area contributed by atoms with Crippen molar-refractivity contribution >= 4 is 43.2 Å². The zero-order chi connectivity index (χ0) is 14.0. The summed E-state index contributed by atoms with van der Waals surface area (Å²) in [5.74, 6) is -0.249. The van der Waals surface area contributed by atoms with Crippen molar-refractivity contribution in [1.82, 2.24) is 0 Å². The Balaban J connectivity index is 2.22. The van der Waals surface area contributed by atoms with Crippen molar-refractivity contribution in [2.75, 3.05) is 17.7 Å². The van der Waals surface area contributed by atoms with Crippen molar-refractivity contribution in [3.8, 4) is 0 Å². The molecule has 0 aliphatic rings. The van der Waals surface area contributed by atoms with Gasteiger partial charge in [0, 0.05) is 22.5 Å². The van der Waals surface area contributed by atoms with Gasteiger partial charge >= 0.3 is 0 Å². The Hall–Kier alpha value is -1.07. The van der Waals surface area contributed by atoms with Gasteiger partial charge in [0.15, 0.2) is 0 Å². The molecule has 2 N–H and O–H groups in total. The highest BCUT2D eigenvalue weighted by Gasteiger charge is 2.08. The van der Waals surface area contributed by atoms with Crippen LogP contribution in [0.25, 0.3) is 0 Å². The summed E-state index contributed by atoms with van der Waals surface area (Å²) in [6.45, 7) is 0.586. The Morgan fingerprint density at radius 3 is 2.47 bits per heavy atom. The first-order valence-corrected chi connectivity index (χ1v) is 7.25. The largest absolute Gasteiger partial charge is 0.397 e. The average molecular weight is 388 g/mol. The van der Waals surface area contributed by atoms with Gasteiger partial charge in [-0.2, -0.15) is 0 Å². The van der Waals surface area contributed by atoms with Gasteiger partial charge in [-0.1, -0.05) is 31.9 Å². The first-order valence-electron chi connectivity index (χ1n) is 5.67. The highest BCUT2D eigenvalue weighted by atomic mass is 79.9. The molecule has 0 amide bonds. The lowest BCUT2D eigenvalue weighted by molar-refractivity contribution is 0.624. The van der Waals surface area contributed by atoms with E-state index in [1.807, 2.05) is 36.2 Å². The van der Waals surface area contributed by atoms with E-state index in [2.05, 4.69) is 31.9 Å². The average Bonchev–Trinajstić information content (AvgIpc) is 2.26. The van der Waals surface area contributed by atoms with Gasteiger partial charge in [-0.15, -0.1) is 0 Å². The minimum atomic E-state index is -0.249. The molecule has 0 radical (unpaired) electrons. The molecule has 5 heteroatoms. The SMILES string of the molecule is CN(Cc1cc(F)cc(Br)c1)c1ccc(Br)cc1N. The van der Waals surface area contributed by atoms with Gasteiger partial charge < -0.3 is 10.6 Å². The Morgan fingerprint density at radius 2 is 1.84 bits per heavy atom. The van der Waals surface area contributed by atoms with E-state index in [4.69, 9.17) is 5.73 Å². The molecule has 0 aliphatic heterocycles. The summed E-state index contributed by atoms with van der Waals surface area (Å²) >= 11 is 6.67. The second-order valence-electron chi connectivity index (χ2n) is 4.34. The van der Waals surface area contributed by atoms with Crippen molar-refractivity contribution in [2.24, 2.45) is 0 Å². The Labute approximate surface area is 128 Å². The third-order valence-corrected chi connectivity index (χ3v) is 3.69. The molecule has 0 saturated heterocycles. The lowest BCUT2D eigenvalue weighted by Gasteiger charge is -2.21. The summed E-state index contributed by atoms with van der Waals surface area (Å²) in [6, 6.07) is 10.6. The molecule has 100 valence electrons. The number of nitrogens with two attached hydrogens (primary N) is 1. The van der Waals surface area contributed by atoms with Crippen LogP contribution in [0.4, 0.5) is 15.8 Å². The number of halogens is 3. The van der Waals surface area contributed by atoms with E-state index in [-0.39, 0.29) is 5.82 Å². The lowest BCUT2D eigenvalue weighted by atomic mass is 10.2. The third-order valence-electron chi connectivity index (χ3n) is 2.74. The van der Waals surface area contributed by atoms with Crippen LogP contribution >= 0.6 is 31.9 Å². The minimum absolute atomic E-state index is 0.249. The summed E-state index contributed by atoms with van der Waals surface area (Å²) in [5.41, 5.74) is 8.47. The van der Waals surface area contributed by atoms with E-state index in [0.717, 1.165) is 20.2 Å². The summed E-state index contributed by atoms with van der Waals surface area (Å²) in [6.07, 6.45) is 0. The predicted molar refractivity (Wildman–Crippen MR) is 84.8 cm³/mol. The predicted octanol–water partition coefficient (Wildman–Crippen LogP) is 4.57. The fourth-order valence-electron chi connectivity index (χ4n) is 1.93. The maximum absolute atomic E-state index is 13.3. The van der Waals surface area contributed by atoms with Gasteiger partial charge in [0.05, 0.1) is 11.4 Å². The maximum atomic E-state index is 13.3. The number of nitrogen functional groups attached to an aromatic ring is 1. The van der Waals surface area contributed by atoms with Crippen LogP contribution in [0.15, 0.2) is 45.3 Å². The molecule has 0 aromatic heterocycles. The number of benzene rings is 2. The highest BCUT2D eigenvalue weighted by molar-refractivity contribution is 9.10. The van der Waals surface area contributed by atoms with Crippen molar-refractivity contribution in [3.05, 3.63) is 56.7 Å². The Kier molecular flexibility index (Phi) is 4.47. The number of anilines is 2. The second-order valence-corrected chi connectivity index (χ2v) is 6.17. The summed E-state index contributed by atoms with van der Waals surface area (Å²) in [5, 5.41) is 0. The fourth-order valence-corrected chi connectivity index (χ4v) is 2.83. The van der Waals surface area contributed by atoms with Gasteiger partial charge in [-0.05, 0) is 42.0 Å². The van der Waals surface area contributed by atoms with Crippen molar-refractivity contribution in [1.29, 1.82) is 0 Å². The van der Waals surface area contributed by atoms with Crippen molar-refractivity contribution in [2.45, 2.75) is 6.54 Å². The second kappa shape index (κ2) is 5.92. The van der Waals surface area contributed by atoms with Crippen LogP contribution in [-0.4, -0.2) is 7.05 Å². The van der Waals surface area contributed by atoms with E-state index in [0.29, 0.717) is 12.2 Å². The summed E-state index contributed by atoms with van der Waals surface area (Å²) in [4.78, 5) is 1.99. The topological polar surface area (TPSA) is 29.3 Å². The summed E-state index contributed by atoms with van der Waals surface area (Å²) < 4.78 is 15.0. The Bertz CT molecular complexity index is 582. The Morgan fingerprint density at radius 1 is 1.11 bits per heavy atom. The van der Waals surface area contributed by atoms with E-state index in [1.54, 1.807) is 0 Å². The zero-order valence-corrected chi connectivity index (χ0v) is 13.5. The van der Waals surface area contributed by atoms with Gasteiger partial charge in [-0.3, -0.25) is 0 Å². The number of hydrogen-bond donors (Lipinski definition) is 1. The highest BCUT2D eigenvalue weighted by Crippen LogP contribution is 2.27. The van der Waals surface area contributed by atoms with E-state index in [1.165, 1.54) is 12.1 Å². The van der Waals surface area contributed by atoms with Gasteiger partial charge in [0.25, 0.3) is 0 Å². The zero-order valence-electron chi connectivity index (χ0n) is 10.3. The molecule has 0 heterocycles. The van der Waals surface area contributed by atoms with Crippen molar-refractivity contribution < 1.29 is 4.39 Å². The molecule has 0 spiro atoms. The van der Waals surface area contributed by atoms with Crippen LogP contribution in [0.2, 0.25) is 0 Å². The molecule has 2 aromatic rings. The molecule has 2 nitrogen and oxygen atoms in total. The maximum Gasteiger partial charge on any atom is 0.124 e. The quantitative estimate of drug-likeness (QED) is 0.781. The van der Waals surface area contributed by atoms with Gasteiger partial charge in [-0.25, -0.2) is 4.39 Å². The molecule has 0 fully saturated rings. The van der Waals surface area contributed by atoms with Crippen LogP contribution in [0.1, 0.15) is 5.56 Å². The number of nitrogens with zero attached hydrogens (tertiary/aromatic N) is 1. The third kappa shape index (κ3) is 3.70. The van der Waals surface area contributed by atoms with Crippen LogP contribution in [0, 0.1) is 5.82 Å². The van der Waals surface area contributed by atoms with Gasteiger partial charge in [0.1, 0.15) is 5.82 Å². The van der Waals surface area contributed by atoms with Gasteiger partial charge in [0.2, 0.25) is 0 Å².